The van der Waals surface area contributed by atoms with Gasteiger partial charge in [0.15, 0.2) is 0 Å². The van der Waals surface area contributed by atoms with Crippen LogP contribution < -0.4 is 5.32 Å². The standard InChI is InChI=1S/C9H12N4S/c1-6(2)4-10-8-12-13-5-7(3)11-9(13)14-8/h5H,1,4H2,2-3H3,(H,10,12). The lowest BCUT2D eigenvalue weighted by molar-refractivity contribution is 0.966. The molecule has 0 atom stereocenters. The first-order valence-corrected chi connectivity index (χ1v) is 5.18. The molecule has 0 amide bonds. The summed E-state index contributed by atoms with van der Waals surface area (Å²) < 4.78 is 1.79. The second-order valence-electron chi connectivity index (χ2n) is 3.33. The van der Waals surface area contributed by atoms with Crippen LogP contribution in [0.2, 0.25) is 0 Å². The van der Waals surface area contributed by atoms with Crippen molar-refractivity contribution in [1.29, 1.82) is 0 Å². The third-order valence-corrected chi connectivity index (χ3v) is 2.59. The Morgan fingerprint density at radius 3 is 3.14 bits per heavy atom. The summed E-state index contributed by atoms with van der Waals surface area (Å²) in [6.45, 7) is 8.52. The third kappa shape index (κ3) is 1.77. The summed E-state index contributed by atoms with van der Waals surface area (Å²) in [7, 11) is 0. The van der Waals surface area contributed by atoms with Gasteiger partial charge in [0, 0.05) is 6.54 Å². The molecule has 5 heteroatoms. The molecule has 0 bridgehead atoms. The molecular formula is C9H12N4S. The maximum Gasteiger partial charge on any atom is 0.214 e. The van der Waals surface area contributed by atoms with Gasteiger partial charge in [-0.15, -0.1) is 5.10 Å². The minimum atomic E-state index is 0.760. The lowest BCUT2D eigenvalue weighted by Gasteiger charge is -1.98. The van der Waals surface area contributed by atoms with E-state index in [0.29, 0.717) is 0 Å². The van der Waals surface area contributed by atoms with Crippen LogP contribution >= 0.6 is 11.3 Å². The van der Waals surface area contributed by atoms with Gasteiger partial charge in [-0.25, -0.2) is 9.50 Å². The molecule has 0 spiro atoms. The molecule has 2 heterocycles. The summed E-state index contributed by atoms with van der Waals surface area (Å²) in [5.41, 5.74) is 2.09. The van der Waals surface area contributed by atoms with E-state index in [0.717, 1.165) is 27.9 Å². The van der Waals surface area contributed by atoms with Crippen LogP contribution in [0.15, 0.2) is 18.3 Å². The van der Waals surface area contributed by atoms with Crippen LogP contribution in [0.5, 0.6) is 0 Å². The zero-order valence-corrected chi connectivity index (χ0v) is 9.06. The van der Waals surface area contributed by atoms with E-state index in [2.05, 4.69) is 22.0 Å². The fourth-order valence-electron chi connectivity index (χ4n) is 1.11. The number of hydrogen-bond donors (Lipinski definition) is 1. The van der Waals surface area contributed by atoms with Gasteiger partial charge in [-0.3, -0.25) is 0 Å². The van der Waals surface area contributed by atoms with Gasteiger partial charge in [-0.1, -0.05) is 23.5 Å². The molecule has 0 saturated carbocycles. The predicted octanol–water partition coefficient (Wildman–Crippen LogP) is 2.09. The van der Waals surface area contributed by atoms with Crippen molar-refractivity contribution in [2.24, 2.45) is 0 Å². The summed E-state index contributed by atoms with van der Waals surface area (Å²) in [5.74, 6) is 0. The van der Waals surface area contributed by atoms with Gasteiger partial charge in [0.2, 0.25) is 10.1 Å². The van der Waals surface area contributed by atoms with Crippen LogP contribution in [0.3, 0.4) is 0 Å². The lowest BCUT2D eigenvalue weighted by atomic mass is 10.4. The summed E-state index contributed by atoms with van der Waals surface area (Å²) in [4.78, 5) is 5.24. The maximum absolute atomic E-state index is 4.33. The highest BCUT2D eigenvalue weighted by atomic mass is 32.1. The van der Waals surface area contributed by atoms with Crippen LogP contribution in [0.4, 0.5) is 5.13 Å². The number of anilines is 1. The minimum absolute atomic E-state index is 0.760. The smallest absolute Gasteiger partial charge is 0.214 e. The zero-order valence-electron chi connectivity index (χ0n) is 8.24. The zero-order chi connectivity index (χ0) is 10.1. The number of nitrogens with one attached hydrogen (secondary N) is 1. The van der Waals surface area contributed by atoms with Gasteiger partial charge in [-0.2, -0.15) is 0 Å². The van der Waals surface area contributed by atoms with Crippen LogP contribution in [-0.2, 0) is 0 Å². The van der Waals surface area contributed by atoms with E-state index in [-0.39, 0.29) is 0 Å². The van der Waals surface area contributed by atoms with Crippen molar-refractivity contribution in [3.63, 3.8) is 0 Å². The first-order valence-electron chi connectivity index (χ1n) is 4.36. The summed E-state index contributed by atoms with van der Waals surface area (Å²) >= 11 is 1.55. The van der Waals surface area contributed by atoms with Crippen molar-refractivity contribution in [3.8, 4) is 0 Å². The molecule has 4 nitrogen and oxygen atoms in total. The highest BCUT2D eigenvalue weighted by Gasteiger charge is 2.04. The molecule has 0 unspecified atom stereocenters. The lowest BCUT2D eigenvalue weighted by Crippen LogP contribution is -2.01. The quantitative estimate of drug-likeness (QED) is 0.785. The van der Waals surface area contributed by atoms with Gasteiger partial charge in [-0.05, 0) is 13.8 Å². The third-order valence-electron chi connectivity index (χ3n) is 1.71. The SMILES string of the molecule is C=C(C)CNc1nn2cc(C)nc2s1. The molecule has 0 radical (unpaired) electrons. The number of rotatable bonds is 3. The van der Waals surface area contributed by atoms with Crippen LogP contribution in [0, 0.1) is 6.92 Å². The molecular weight excluding hydrogens is 196 g/mol. The summed E-state index contributed by atoms with van der Waals surface area (Å²) in [6.07, 6.45) is 1.91. The summed E-state index contributed by atoms with van der Waals surface area (Å²) in [6, 6.07) is 0. The Hall–Kier alpha value is -1.36. The molecule has 1 N–H and O–H groups in total. The van der Waals surface area contributed by atoms with Gasteiger partial charge < -0.3 is 5.32 Å². The predicted molar refractivity (Wildman–Crippen MR) is 58.9 cm³/mol. The van der Waals surface area contributed by atoms with Crippen LogP contribution in [-0.4, -0.2) is 21.1 Å². The van der Waals surface area contributed by atoms with Gasteiger partial charge in [0.05, 0.1) is 11.9 Å². The number of imidazole rings is 1. The number of hydrogen-bond acceptors (Lipinski definition) is 4. The second kappa shape index (κ2) is 3.42. The average Bonchev–Trinajstić information content (AvgIpc) is 2.57. The van der Waals surface area contributed by atoms with E-state index in [1.807, 2.05) is 20.0 Å². The van der Waals surface area contributed by atoms with Crippen molar-refractivity contribution in [2.75, 3.05) is 11.9 Å². The molecule has 0 aromatic carbocycles. The van der Waals surface area contributed by atoms with Crippen LogP contribution in [0.1, 0.15) is 12.6 Å². The molecule has 2 aromatic rings. The molecule has 74 valence electrons. The fourth-order valence-corrected chi connectivity index (χ4v) is 1.93. The van der Waals surface area contributed by atoms with Crippen molar-refractivity contribution in [2.45, 2.75) is 13.8 Å². The molecule has 0 aliphatic carbocycles. The largest absolute Gasteiger partial charge is 0.356 e. The molecule has 2 aromatic heterocycles. The van der Waals surface area contributed by atoms with E-state index in [9.17, 15) is 0 Å². The van der Waals surface area contributed by atoms with Crippen molar-refractivity contribution in [1.82, 2.24) is 14.6 Å². The van der Waals surface area contributed by atoms with E-state index in [1.165, 1.54) is 0 Å². The van der Waals surface area contributed by atoms with E-state index in [1.54, 1.807) is 15.9 Å². The first kappa shape index (κ1) is 9.21. The average molecular weight is 208 g/mol. The molecule has 0 fully saturated rings. The number of aromatic nitrogens is 3. The minimum Gasteiger partial charge on any atom is -0.356 e. The Morgan fingerprint density at radius 1 is 1.71 bits per heavy atom. The van der Waals surface area contributed by atoms with Gasteiger partial charge in [0.1, 0.15) is 0 Å². The maximum atomic E-state index is 4.33. The summed E-state index contributed by atoms with van der Waals surface area (Å²) in [5, 5.41) is 8.40. The van der Waals surface area contributed by atoms with Gasteiger partial charge >= 0.3 is 0 Å². The highest BCUT2D eigenvalue weighted by Crippen LogP contribution is 2.18. The molecule has 0 aliphatic heterocycles. The normalized spacial score (nSPS) is 10.7. The topological polar surface area (TPSA) is 42.2 Å². The second-order valence-corrected chi connectivity index (χ2v) is 4.28. The Kier molecular flexibility index (Phi) is 2.25. The van der Waals surface area contributed by atoms with Gasteiger partial charge in [0.25, 0.3) is 0 Å². The van der Waals surface area contributed by atoms with E-state index < -0.39 is 0 Å². The molecule has 0 saturated heterocycles. The number of aryl methyl sites for hydroxylation is 1. The van der Waals surface area contributed by atoms with Crippen molar-refractivity contribution < 1.29 is 0 Å². The Morgan fingerprint density at radius 2 is 2.50 bits per heavy atom. The monoisotopic (exact) mass is 208 g/mol. The Bertz CT molecular complexity index is 437. The highest BCUT2D eigenvalue weighted by molar-refractivity contribution is 7.20. The van der Waals surface area contributed by atoms with Crippen molar-refractivity contribution >= 4 is 21.4 Å². The first-order chi connectivity index (χ1) is 6.65. The molecule has 0 aliphatic rings. The fraction of sp³-hybridized carbons (Fsp3) is 0.333. The molecule has 2 rings (SSSR count). The van der Waals surface area contributed by atoms with Crippen molar-refractivity contribution in [3.05, 3.63) is 24.0 Å². The Balaban J connectivity index is 2.19. The Labute approximate surface area is 86.3 Å². The van der Waals surface area contributed by atoms with Crippen LogP contribution in [0.25, 0.3) is 4.96 Å². The number of nitrogens with zero attached hydrogens (tertiary/aromatic N) is 3. The number of fused-ring (bicyclic) bond motifs is 1. The van der Waals surface area contributed by atoms with E-state index >= 15 is 0 Å². The molecule has 14 heavy (non-hydrogen) atoms. The van der Waals surface area contributed by atoms with E-state index in [4.69, 9.17) is 0 Å².